The van der Waals surface area contributed by atoms with Gasteiger partial charge in [0.25, 0.3) is 0 Å². The fourth-order valence-electron chi connectivity index (χ4n) is 4.80. The number of aromatic nitrogens is 2. The Morgan fingerprint density at radius 3 is 2.49 bits per heavy atom. The molecule has 1 aliphatic heterocycles. The van der Waals surface area contributed by atoms with E-state index in [1.807, 2.05) is 32.1 Å². The van der Waals surface area contributed by atoms with Crippen LogP contribution in [-0.2, 0) is 26.0 Å². The molecule has 0 unspecified atom stereocenters. The highest BCUT2D eigenvalue weighted by atomic mass is 32.2. The van der Waals surface area contributed by atoms with Gasteiger partial charge in [0.05, 0.1) is 48.9 Å². The van der Waals surface area contributed by atoms with Gasteiger partial charge in [0.2, 0.25) is 21.9 Å². The summed E-state index contributed by atoms with van der Waals surface area (Å²) in [5, 5.41) is 9.09. The molecule has 0 atom stereocenters. The molecule has 0 bridgehead atoms. The molecule has 45 heavy (non-hydrogen) atoms. The van der Waals surface area contributed by atoms with Crippen LogP contribution in [0, 0.1) is 0 Å². The Kier molecular flexibility index (Phi) is 10.1. The van der Waals surface area contributed by atoms with Gasteiger partial charge in [-0.1, -0.05) is 18.7 Å². The van der Waals surface area contributed by atoms with Crippen LogP contribution in [0.2, 0.25) is 0 Å². The number of nitrogens with one attached hydrogen (secondary N) is 3. The van der Waals surface area contributed by atoms with Crippen LogP contribution in [-0.4, -0.2) is 96.4 Å². The van der Waals surface area contributed by atoms with Crippen molar-refractivity contribution in [2.45, 2.75) is 6.42 Å². The highest BCUT2D eigenvalue weighted by Crippen LogP contribution is 2.40. The van der Waals surface area contributed by atoms with Crippen molar-refractivity contribution in [1.29, 1.82) is 0 Å². The first-order valence-electron chi connectivity index (χ1n) is 14.0. The van der Waals surface area contributed by atoms with Crippen LogP contribution in [0.4, 0.5) is 40.2 Å². The number of likely N-dealkylation sites (N-methyl/N-ethyl adjacent to an activating group) is 2. The Balaban J connectivity index is 1.76. The molecule has 2 heterocycles. The maximum absolute atomic E-state index is 12.7. The Morgan fingerprint density at radius 1 is 1.09 bits per heavy atom. The fraction of sp³-hybridized carbons (Fsp3) is 0.333. The van der Waals surface area contributed by atoms with Gasteiger partial charge in [0.1, 0.15) is 11.3 Å². The Hall–Kier alpha value is -4.89. The third-order valence-electron chi connectivity index (χ3n) is 7.10. The first-order valence-corrected chi connectivity index (χ1v) is 15.8. The number of sulfonamides is 1. The second-order valence-corrected chi connectivity index (χ2v) is 12.5. The molecule has 0 fully saturated rings. The first kappa shape index (κ1) is 33.0. The first-order chi connectivity index (χ1) is 21.4. The zero-order chi connectivity index (χ0) is 32.9. The number of amides is 1. The summed E-state index contributed by atoms with van der Waals surface area (Å²) < 4.78 is 37.0. The summed E-state index contributed by atoms with van der Waals surface area (Å²) in [6, 6.07) is 8.84. The average Bonchev–Trinajstić information content (AvgIpc) is 3.46. The second kappa shape index (κ2) is 13.8. The van der Waals surface area contributed by atoms with E-state index in [0.29, 0.717) is 53.7 Å². The third kappa shape index (κ3) is 7.61. The highest BCUT2D eigenvalue weighted by Gasteiger charge is 2.29. The van der Waals surface area contributed by atoms with E-state index in [1.165, 1.54) is 30.8 Å². The highest BCUT2D eigenvalue weighted by molar-refractivity contribution is 7.92. The van der Waals surface area contributed by atoms with Crippen LogP contribution in [0.5, 0.6) is 5.75 Å². The number of benzene rings is 2. The maximum atomic E-state index is 12.7. The zero-order valence-corrected chi connectivity index (χ0v) is 27.0. The normalized spacial score (nSPS) is 12.4. The number of rotatable bonds is 13. The Bertz CT molecular complexity index is 1710. The van der Waals surface area contributed by atoms with Gasteiger partial charge in [-0.05, 0) is 44.3 Å². The van der Waals surface area contributed by atoms with E-state index in [4.69, 9.17) is 9.47 Å². The maximum Gasteiger partial charge on any atom is 0.343 e. The van der Waals surface area contributed by atoms with Gasteiger partial charge in [0.15, 0.2) is 5.82 Å². The van der Waals surface area contributed by atoms with Crippen LogP contribution in [0.25, 0.3) is 0 Å². The summed E-state index contributed by atoms with van der Waals surface area (Å²) in [5.74, 6) is -0.457. The number of fused-ring (bicyclic) bond motifs is 1. The minimum atomic E-state index is -3.55. The monoisotopic (exact) mass is 638 g/mol. The summed E-state index contributed by atoms with van der Waals surface area (Å²) in [5.41, 5.74) is 3.45. The van der Waals surface area contributed by atoms with Gasteiger partial charge in [-0.2, -0.15) is 4.98 Å². The lowest BCUT2D eigenvalue weighted by Gasteiger charge is -2.26. The van der Waals surface area contributed by atoms with Crippen molar-refractivity contribution in [2.24, 2.45) is 0 Å². The summed E-state index contributed by atoms with van der Waals surface area (Å²) in [4.78, 5) is 37.9. The van der Waals surface area contributed by atoms with Crippen LogP contribution in [0.15, 0.2) is 49.2 Å². The van der Waals surface area contributed by atoms with Gasteiger partial charge in [-0.25, -0.2) is 18.2 Å². The largest absolute Gasteiger partial charge is 0.494 e. The summed E-state index contributed by atoms with van der Waals surface area (Å²) in [7, 11) is 5.07. The van der Waals surface area contributed by atoms with Crippen molar-refractivity contribution in [2.75, 3.05) is 86.4 Å². The SMILES string of the molecule is C=CC(=O)Nc1cc(Nc2ncc(C(=O)OC)c(Nc3cccc4c3N(S(C)(=O)=O)CC4)n2)c(OC)cc1N(C)CCN(C)C. The van der Waals surface area contributed by atoms with E-state index in [9.17, 15) is 18.0 Å². The number of anilines is 7. The number of hydrogen-bond acceptors (Lipinski definition) is 12. The summed E-state index contributed by atoms with van der Waals surface area (Å²) >= 11 is 0. The van der Waals surface area contributed by atoms with Crippen molar-refractivity contribution < 1.29 is 27.5 Å². The fourth-order valence-corrected chi connectivity index (χ4v) is 5.77. The van der Waals surface area contributed by atoms with E-state index < -0.39 is 21.9 Å². The van der Waals surface area contributed by atoms with Crippen LogP contribution in [0.1, 0.15) is 15.9 Å². The van der Waals surface area contributed by atoms with E-state index in [1.54, 1.807) is 24.3 Å². The molecule has 4 rings (SSSR count). The van der Waals surface area contributed by atoms with Crippen LogP contribution >= 0.6 is 0 Å². The number of hydrogen-bond donors (Lipinski definition) is 3. The molecule has 0 saturated carbocycles. The molecule has 1 aromatic heterocycles. The smallest absolute Gasteiger partial charge is 0.343 e. The minimum absolute atomic E-state index is 0.0355. The predicted octanol–water partition coefficient (Wildman–Crippen LogP) is 3.20. The molecule has 0 spiro atoms. The van der Waals surface area contributed by atoms with E-state index in [2.05, 4.69) is 37.4 Å². The lowest BCUT2D eigenvalue weighted by atomic mass is 10.1. The Labute approximate surface area is 263 Å². The molecule has 0 radical (unpaired) electrons. The molecule has 1 aliphatic rings. The van der Waals surface area contributed by atoms with Crippen LogP contribution < -0.4 is 29.9 Å². The van der Waals surface area contributed by atoms with Crippen molar-refractivity contribution in [3.63, 3.8) is 0 Å². The average molecular weight is 639 g/mol. The number of nitrogens with zero attached hydrogens (tertiary/aromatic N) is 5. The molecule has 2 aromatic carbocycles. The van der Waals surface area contributed by atoms with E-state index in [-0.39, 0.29) is 17.3 Å². The molecular formula is C30H38N8O6S. The van der Waals surface area contributed by atoms with Gasteiger partial charge in [-0.3, -0.25) is 9.10 Å². The van der Waals surface area contributed by atoms with E-state index in [0.717, 1.165) is 18.4 Å². The second-order valence-electron chi connectivity index (χ2n) is 10.6. The van der Waals surface area contributed by atoms with Gasteiger partial charge in [0, 0.05) is 38.9 Å². The minimum Gasteiger partial charge on any atom is -0.494 e. The quantitative estimate of drug-likeness (QED) is 0.186. The molecule has 1 amide bonds. The standard InChI is InChI=1S/C30H38N8O6S/c1-8-26(39)32-22-16-23(25(43-5)17-24(22)37(4)15-14-36(2)3)34-30-31-18-20(29(40)44-6)28(35-30)33-21-11-9-10-19-12-13-38(27(19)21)45(7,41)42/h8-11,16-18H,1,12-15H2,2-7H3,(H,32,39)(H2,31,33,34,35). The third-order valence-corrected chi connectivity index (χ3v) is 8.27. The number of ether oxygens (including phenoxy) is 2. The number of carbonyl (C=O) groups is 2. The van der Waals surface area contributed by atoms with Gasteiger partial charge >= 0.3 is 5.97 Å². The lowest BCUT2D eigenvalue weighted by molar-refractivity contribution is -0.111. The molecule has 3 N–H and O–H groups in total. The van der Waals surface area contributed by atoms with Crippen LogP contribution in [0.3, 0.4) is 0 Å². The van der Waals surface area contributed by atoms with E-state index >= 15 is 0 Å². The summed E-state index contributed by atoms with van der Waals surface area (Å²) in [6.07, 6.45) is 4.18. The number of esters is 1. The molecular weight excluding hydrogens is 600 g/mol. The van der Waals surface area contributed by atoms with Crippen molar-refractivity contribution >= 4 is 62.1 Å². The van der Waals surface area contributed by atoms with Crippen molar-refractivity contribution in [1.82, 2.24) is 14.9 Å². The molecule has 14 nitrogen and oxygen atoms in total. The molecule has 0 saturated heterocycles. The lowest BCUT2D eigenvalue weighted by Crippen LogP contribution is -2.29. The van der Waals surface area contributed by atoms with Crippen molar-refractivity contribution in [3.05, 3.63) is 60.3 Å². The van der Waals surface area contributed by atoms with Gasteiger partial charge in [-0.15, -0.1) is 0 Å². The molecule has 3 aromatic rings. The summed E-state index contributed by atoms with van der Waals surface area (Å²) in [6.45, 7) is 5.31. The number of methoxy groups -OCH3 is 2. The Morgan fingerprint density at radius 2 is 1.84 bits per heavy atom. The number of para-hydroxylation sites is 1. The van der Waals surface area contributed by atoms with Gasteiger partial charge < -0.3 is 35.2 Å². The number of carbonyl (C=O) groups excluding carboxylic acids is 2. The molecule has 0 aliphatic carbocycles. The predicted molar refractivity (Wildman–Crippen MR) is 176 cm³/mol. The molecule has 15 heteroatoms. The zero-order valence-electron chi connectivity index (χ0n) is 26.2. The molecule has 240 valence electrons. The van der Waals surface area contributed by atoms with Crippen molar-refractivity contribution in [3.8, 4) is 5.75 Å². The topological polar surface area (TPSA) is 158 Å².